The van der Waals surface area contributed by atoms with Crippen molar-refractivity contribution < 1.29 is 27.5 Å². The Hall–Kier alpha value is -4.67. The number of nitrogens with zero attached hydrogens (tertiary/aromatic N) is 3. The zero-order valence-corrected chi connectivity index (χ0v) is 20.8. The number of rotatable bonds is 7. The molecule has 0 aliphatic heterocycles. The molecule has 0 saturated heterocycles. The van der Waals surface area contributed by atoms with Gasteiger partial charge in [0.25, 0.3) is 11.8 Å². The lowest BCUT2D eigenvalue weighted by Crippen LogP contribution is -2.19. The number of carbonyl (C=O) groups excluding carboxylic acids is 2. The fourth-order valence-corrected chi connectivity index (χ4v) is 3.74. The summed E-state index contributed by atoms with van der Waals surface area (Å²) >= 11 is 0. The lowest BCUT2D eigenvalue weighted by molar-refractivity contribution is -0.137. The monoisotopic (exact) mass is 523 g/mol. The molecule has 0 saturated carbocycles. The highest BCUT2D eigenvalue weighted by Gasteiger charge is 2.30. The molecule has 0 radical (unpaired) electrons. The molecule has 0 aliphatic rings. The normalized spacial score (nSPS) is 11.2. The first-order valence-electron chi connectivity index (χ1n) is 11.5. The van der Waals surface area contributed by atoms with Gasteiger partial charge >= 0.3 is 6.18 Å². The fraction of sp³-hybridized carbons (Fsp3) is 0.185. The first kappa shape index (κ1) is 26.4. The standard InChI is InChI=1S/C27H24F3N5O3/c1-16-24(17(2)35(34-16)15-18-12-13-32-23(14-18)26(37)31-3)33-25(36)19-4-8-21(9-5-19)38-22-10-6-20(7-11-22)27(28,29)30/h4-14H,15H2,1-3H3,(H,31,37)(H,33,36). The second-order valence-corrected chi connectivity index (χ2v) is 8.43. The summed E-state index contributed by atoms with van der Waals surface area (Å²) in [5.41, 5.74) is 2.65. The second-order valence-electron chi connectivity index (χ2n) is 8.43. The molecule has 0 bridgehead atoms. The summed E-state index contributed by atoms with van der Waals surface area (Å²) in [6.07, 6.45) is -2.87. The van der Waals surface area contributed by atoms with Crippen molar-refractivity contribution in [2.45, 2.75) is 26.6 Å². The number of carbonyl (C=O) groups is 2. The van der Waals surface area contributed by atoms with Gasteiger partial charge < -0.3 is 15.4 Å². The van der Waals surface area contributed by atoms with Gasteiger partial charge in [-0.3, -0.25) is 19.3 Å². The molecular weight excluding hydrogens is 499 g/mol. The van der Waals surface area contributed by atoms with Gasteiger partial charge in [0.05, 0.1) is 29.2 Å². The molecule has 2 aromatic carbocycles. The van der Waals surface area contributed by atoms with E-state index in [0.717, 1.165) is 23.4 Å². The van der Waals surface area contributed by atoms with E-state index in [4.69, 9.17) is 4.74 Å². The fourth-order valence-electron chi connectivity index (χ4n) is 3.74. The number of alkyl halides is 3. The van der Waals surface area contributed by atoms with Gasteiger partial charge in [0, 0.05) is 18.8 Å². The summed E-state index contributed by atoms with van der Waals surface area (Å²) in [4.78, 5) is 28.8. The van der Waals surface area contributed by atoms with E-state index in [0.29, 0.717) is 34.9 Å². The van der Waals surface area contributed by atoms with Gasteiger partial charge in [-0.1, -0.05) is 0 Å². The number of pyridine rings is 1. The third-order valence-corrected chi connectivity index (χ3v) is 5.77. The molecule has 11 heteroatoms. The average Bonchev–Trinajstić information content (AvgIpc) is 3.15. The van der Waals surface area contributed by atoms with Gasteiger partial charge in [-0.15, -0.1) is 0 Å². The van der Waals surface area contributed by atoms with E-state index in [9.17, 15) is 22.8 Å². The molecule has 2 heterocycles. The lowest BCUT2D eigenvalue weighted by Gasteiger charge is -2.10. The van der Waals surface area contributed by atoms with Crippen molar-refractivity contribution in [2.75, 3.05) is 12.4 Å². The van der Waals surface area contributed by atoms with Gasteiger partial charge in [0.15, 0.2) is 0 Å². The van der Waals surface area contributed by atoms with Crippen molar-refractivity contribution in [3.05, 3.63) is 101 Å². The first-order valence-corrected chi connectivity index (χ1v) is 11.5. The lowest BCUT2D eigenvalue weighted by atomic mass is 10.2. The third-order valence-electron chi connectivity index (χ3n) is 5.77. The summed E-state index contributed by atoms with van der Waals surface area (Å²) in [6, 6.07) is 14.1. The highest BCUT2D eigenvalue weighted by molar-refractivity contribution is 6.05. The SMILES string of the molecule is CNC(=O)c1cc(Cn2nc(C)c(NC(=O)c3ccc(Oc4ccc(C(F)(F)F)cc4)cc3)c2C)ccn1. The summed E-state index contributed by atoms with van der Waals surface area (Å²) < 4.78 is 45.5. The molecule has 0 spiro atoms. The van der Waals surface area contributed by atoms with Gasteiger partial charge in [0.1, 0.15) is 17.2 Å². The number of nitrogens with one attached hydrogen (secondary N) is 2. The molecule has 0 atom stereocenters. The first-order chi connectivity index (χ1) is 18.0. The number of anilines is 1. The van der Waals surface area contributed by atoms with E-state index < -0.39 is 11.7 Å². The summed E-state index contributed by atoms with van der Waals surface area (Å²) in [5.74, 6) is -0.0351. The number of hydrogen-bond donors (Lipinski definition) is 2. The topological polar surface area (TPSA) is 98.1 Å². The van der Waals surface area contributed by atoms with Crippen molar-refractivity contribution in [1.82, 2.24) is 20.1 Å². The predicted molar refractivity (Wildman–Crippen MR) is 134 cm³/mol. The van der Waals surface area contributed by atoms with Crippen LogP contribution in [0, 0.1) is 13.8 Å². The van der Waals surface area contributed by atoms with Gasteiger partial charge in [0.2, 0.25) is 0 Å². The predicted octanol–water partition coefficient (Wildman–Crippen LogP) is 5.37. The van der Waals surface area contributed by atoms with Crippen LogP contribution in [0.4, 0.5) is 18.9 Å². The maximum atomic E-state index is 12.9. The maximum absolute atomic E-state index is 12.9. The van der Waals surface area contributed by atoms with Crippen LogP contribution in [0.15, 0.2) is 66.9 Å². The number of amides is 2. The highest BCUT2D eigenvalue weighted by Crippen LogP contribution is 2.31. The Morgan fingerprint density at radius 3 is 2.18 bits per heavy atom. The Bertz CT molecular complexity index is 1460. The van der Waals surface area contributed by atoms with E-state index in [1.54, 1.807) is 54.2 Å². The van der Waals surface area contributed by atoms with Gasteiger partial charge in [-0.05, 0) is 80.1 Å². The van der Waals surface area contributed by atoms with Crippen molar-refractivity contribution in [1.29, 1.82) is 0 Å². The van der Waals surface area contributed by atoms with Crippen LogP contribution in [-0.2, 0) is 12.7 Å². The average molecular weight is 524 g/mol. The molecule has 4 aromatic rings. The summed E-state index contributed by atoms with van der Waals surface area (Å²) in [5, 5.41) is 9.94. The highest BCUT2D eigenvalue weighted by atomic mass is 19.4. The van der Waals surface area contributed by atoms with Crippen LogP contribution in [0.5, 0.6) is 11.5 Å². The largest absolute Gasteiger partial charge is 0.457 e. The van der Waals surface area contributed by atoms with Crippen LogP contribution < -0.4 is 15.4 Å². The second kappa shape index (κ2) is 10.8. The van der Waals surface area contributed by atoms with E-state index in [1.807, 2.05) is 6.92 Å². The number of ether oxygens (including phenoxy) is 1. The van der Waals surface area contributed by atoms with Crippen LogP contribution in [0.25, 0.3) is 0 Å². The number of aryl methyl sites for hydroxylation is 1. The van der Waals surface area contributed by atoms with E-state index in [-0.39, 0.29) is 17.6 Å². The molecule has 2 aromatic heterocycles. The molecule has 196 valence electrons. The van der Waals surface area contributed by atoms with Crippen LogP contribution in [0.2, 0.25) is 0 Å². The van der Waals surface area contributed by atoms with Crippen LogP contribution in [0.1, 0.15) is 43.4 Å². The Morgan fingerprint density at radius 2 is 1.58 bits per heavy atom. The maximum Gasteiger partial charge on any atom is 0.416 e. The molecule has 0 aliphatic carbocycles. The van der Waals surface area contributed by atoms with E-state index in [1.165, 1.54) is 19.2 Å². The summed E-state index contributed by atoms with van der Waals surface area (Å²) in [6.45, 7) is 3.99. The number of halogens is 3. The molecule has 4 rings (SSSR count). The molecule has 2 amide bonds. The van der Waals surface area contributed by atoms with Crippen molar-refractivity contribution in [3.63, 3.8) is 0 Å². The Labute approximate surface area is 216 Å². The molecule has 0 fully saturated rings. The van der Waals surface area contributed by atoms with Gasteiger partial charge in [-0.2, -0.15) is 18.3 Å². The Kier molecular flexibility index (Phi) is 7.47. The zero-order valence-electron chi connectivity index (χ0n) is 20.8. The number of aromatic nitrogens is 3. The third kappa shape index (κ3) is 6.00. The minimum Gasteiger partial charge on any atom is -0.457 e. The molecule has 8 nitrogen and oxygen atoms in total. The zero-order chi connectivity index (χ0) is 27.4. The van der Waals surface area contributed by atoms with E-state index in [2.05, 4.69) is 20.7 Å². The van der Waals surface area contributed by atoms with Crippen LogP contribution in [0.3, 0.4) is 0 Å². The number of benzene rings is 2. The minimum absolute atomic E-state index is 0.241. The summed E-state index contributed by atoms with van der Waals surface area (Å²) in [7, 11) is 1.53. The molecular formula is C27H24F3N5O3. The Balaban J connectivity index is 1.43. The molecule has 2 N–H and O–H groups in total. The minimum atomic E-state index is -4.42. The van der Waals surface area contributed by atoms with E-state index >= 15 is 0 Å². The van der Waals surface area contributed by atoms with Gasteiger partial charge in [-0.25, -0.2) is 0 Å². The van der Waals surface area contributed by atoms with Crippen LogP contribution >= 0.6 is 0 Å². The molecule has 38 heavy (non-hydrogen) atoms. The quantitative estimate of drug-likeness (QED) is 0.340. The van der Waals surface area contributed by atoms with Crippen LogP contribution in [-0.4, -0.2) is 33.6 Å². The smallest absolute Gasteiger partial charge is 0.416 e. The van der Waals surface area contributed by atoms with Crippen molar-refractivity contribution in [3.8, 4) is 11.5 Å². The number of hydrogen-bond acceptors (Lipinski definition) is 5. The molecule has 0 unspecified atom stereocenters. The Morgan fingerprint density at radius 1 is 0.947 bits per heavy atom. The van der Waals surface area contributed by atoms with Crippen molar-refractivity contribution >= 4 is 17.5 Å². The van der Waals surface area contributed by atoms with Crippen molar-refractivity contribution in [2.24, 2.45) is 0 Å².